The van der Waals surface area contributed by atoms with E-state index in [0.29, 0.717) is 11.6 Å². The molecule has 0 aliphatic heterocycles. The van der Waals surface area contributed by atoms with Crippen molar-refractivity contribution in [2.24, 2.45) is 5.92 Å². The molecule has 1 aliphatic rings. The number of pyridine rings is 1. The van der Waals surface area contributed by atoms with Crippen LogP contribution in [0, 0.1) is 5.92 Å². The molecule has 0 bridgehead atoms. The van der Waals surface area contributed by atoms with Crippen LogP contribution in [-0.2, 0) is 10.0 Å². The molecule has 2 atom stereocenters. The molecular weight excluding hydrogens is 274 g/mol. The number of hydrogen-bond donors (Lipinski definition) is 2. The molecule has 1 saturated carbocycles. The van der Waals surface area contributed by atoms with E-state index in [2.05, 4.69) is 21.9 Å². The molecule has 20 heavy (non-hydrogen) atoms. The zero-order valence-corrected chi connectivity index (χ0v) is 12.9. The van der Waals surface area contributed by atoms with Gasteiger partial charge in [0.2, 0.25) is 0 Å². The van der Waals surface area contributed by atoms with Gasteiger partial charge in [-0.3, -0.25) is 0 Å². The summed E-state index contributed by atoms with van der Waals surface area (Å²) in [5, 5.41) is 3.23. The zero-order chi connectivity index (χ0) is 14.6. The van der Waals surface area contributed by atoms with Crippen molar-refractivity contribution in [3.63, 3.8) is 0 Å². The normalized spacial score (nSPS) is 22.9. The number of aromatic nitrogens is 1. The van der Waals surface area contributed by atoms with Crippen LogP contribution in [0.5, 0.6) is 0 Å². The van der Waals surface area contributed by atoms with Crippen molar-refractivity contribution in [1.29, 1.82) is 0 Å². The third-order valence-corrected chi connectivity index (χ3v) is 5.21. The van der Waals surface area contributed by atoms with Crippen molar-refractivity contribution in [3.05, 3.63) is 18.3 Å². The first-order chi connectivity index (χ1) is 9.54. The van der Waals surface area contributed by atoms with E-state index in [1.807, 2.05) is 6.92 Å². The molecule has 2 unspecified atom stereocenters. The molecule has 1 aromatic heterocycles. The number of anilines is 1. The second-order valence-corrected chi connectivity index (χ2v) is 7.05. The lowest BCUT2D eigenvalue weighted by molar-refractivity contribution is 0.475. The summed E-state index contributed by atoms with van der Waals surface area (Å²) in [4.78, 5) is 4.06. The minimum absolute atomic E-state index is 0.0287. The van der Waals surface area contributed by atoms with Gasteiger partial charge in [0.25, 0.3) is 10.0 Å². The molecule has 5 nitrogen and oxygen atoms in total. The number of hydrogen-bond acceptors (Lipinski definition) is 4. The summed E-state index contributed by atoms with van der Waals surface area (Å²) in [6.45, 7) is 4.86. The fourth-order valence-corrected chi connectivity index (χ4v) is 4.06. The van der Waals surface area contributed by atoms with Crippen LogP contribution in [0.25, 0.3) is 0 Å². The Morgan fingerprint density at radius 3 is 2.85 bits per heavy atom. The van der Waals surface area contributed by atoms with Crippen molar-refractivity contribution in [1.82, 2.24) is 9.71 Å². The average Bonchev–Trinajstić information content (AvgIpc) is 2.81. The van der Waals surface area contributed by atoms with Gasteiger partial charge >= 0.3 is 0 Å². The Labute approximate surface area is 121 Å². The van der Waals surface area contributed by atoms with Gasteiger partial charge in [0.1, 0.15) is 0 Å². The van der Waals surface area contributed by atoms with Gasteiger partial charge in [-0.2, -0.15) is 0 Å². The van der Waals surface area contributed by atoms with E-state index >= 15 is 0 Å². The molecule has 1 aromatic rings. The van der Waals surface area contributed by atoms with Crippen LogP contribution >= 0.6 is 0 Å². The van der Waals surface area contributed by atoms with E-state index in [1.54, 1.807) is 12.1 Å². The highest BCUT2D eigenvalue weighted by atomic mass is 32.2. The maximum atomic E-state index is 12.5. The fraction of sp³-hybridized carbons (Fsp3) is 0.643. The first kappa shape index (κ1) is 15.3. The van der Waals surface area contributed by atoms with E-state index in [9.17, 15) is 8.42 Å². The number of nitrogens with one attached hydrogen (secondary N) is 2. The van der Waals surface area contributed by atoms with Crippen molar-refractivity contribution < 1.29 is 8.42 Å². The summed E-state index contributed by atoms with van der Waals surface area (Å²) >= 11 is 0. The predicted octanol–water partition coefficient (Wildman–Crippen LogP) is 2.37. The molecule has 2 N–H and O–H groups in total. The molecule has 0 aromatic carbocycles. The van der Waals surface area contributed by atoms with E-state index < -0.39 is 10.0 Å². The van der Waals surface area contributed by atoms with Gasteiger partial charge in [-0.1, -0.05) is 20.3 Å². The number of rotatable bonds is 6. The van der Waals surface area contributed by atoms with Gasteiger partial charge in [-0.05, 0) is 37.3 Å². The third kappa shape index (κ3) is 3.49. The van der Waals surface area contributed by atoms with Gasteiger partial charge < -0.3 is 5.32 Å². The molecule has 2 rings (SSSR count). The Kier molecular flexibility index (Phi) is 4.99. The van der Waals surface area contributed by atoms with Crippen molar-refractivity contribution in [2.75, 3.05) is 11.9 Å². The van der Waals surface area contributed by atoms with Crippen LogP contribution < -0.4 is 10.0 Å². The van der Waals surface area contributed by atoms with Gasteiger partial charge in [0, 0.05) is 18.8 Å². The first-order valence-electron chi connectivity index (χ1n) is 7.26. The summed E-state index contributed by atoms with van der Waals surface area (Å²) < 4.78 is 27.8. The lowest BCUT2D eigenvalue weighted by Crippen LogP contribution is -2.37. The van der Waals surface area contributed by atoms with Crippen molar-refractivity contribution >= 4 is 15.7 Å². The van der Waals surface area contributed by atoms with Gasteiger partial charge in [-0.15, -0.1) is 0 Å². The summed E-state index contributed by atoms with van der Waals surface area (Å²) in [5.74, 6) is 0.389. The molecule has 1 fully saturated rings. The molecule has 0 saturated heterocycles. The molecule has 0 amide bonds. The minimum Gasteiger partial charge on any atom is -0.383 e. The van der Waals surface area contributed by atoms with Gasteiger partial charge in [0.05, 0.1) is 5.69 Å². The first-order valence-corrected chi connectivity index (χ1v) is 8.74. The predicted molar refractivity (Wildman–Crippen MR) is 80.1 cm³/mol. The minimum atomic E-state index is -3.56. The van der Waals surface area contributed by atoms with Gasteiger partial charge in [0.15, 0.2) is 5.03 Å². The SMILES string of the molecule is CCCNc1cccnc1S(=O)(=O)NC1CCCC1C. The fourth-order valence-electron chi connectivity index (χ4n) is 2.57. The van der Waals surface area contributed by atoms with E-state index in [4.69, 9.17) is 0 Å². The Hall–Kier alpha value is -1.14. The summed E-state index contributed by atoms with van der Waals surface area (Å²) in [6, 6.07) is 3.53. The molecule has 112 valence electrons. The topological polar surface area (TPSA) is 71.1 Å². The maximum Gasteiger partial charge on any atom is 0.260 e. The zero-order valence-electron chi connectivity index (χ0n) is 12.1. The summed E-state index contributed by atoms with van der Waals surface area (Å²) in [6.07, 6.45) is 5.52. The highest BCUT2D eigenvalue weighted by Crippen LogP contribution is 2.27. The summed E-state index contributed by atoms with van der Waals surface area (Å²) in [7, 11) is -3.56. The van der Waals surface area contributed by atoms with Crippen LogP contribution in [0.2, 0.25) is 0 Å². The number of sulfonamides is 1. The highest BCUT2D eigenvalue weighted by Gasteiger charge is 2.30. The standard InChI is InChI=1S/C14H23N3O2S/c1-3-9-15-13-8-5-10-16-14(13)20(18,19)17-12-7-4-6-11(12)2/h5,8,10-12,15,17H,3-4,6-7,9H2,1-2H3. The van der Waals surface area contributed by atoms with Gasteiger partial charge in [-0.25, -0.2) is 18.1 Å². The second kappa shape index (κ2) is 6.54. The smallest absolute Gasteiger partial charge is 0.260 e. The maximum absolute atomic E-state index is 12.5. The Balaban J connectivity index is 2.20. The molecule has 1 heterocycles. The summed E-state index contributed by atoms with van der Waals surface area (Å²) in [5.41, 5.74) is 0.576. The average molecular weight is 297 g/mol. The van der Waals surface area contributed by atoms with E-state index in [1.165, 1.54) is 6.20 Å². The van der Waals surface area contributed by atoms with Crippen LogP contribution in [0.4, 0.5) is 5.69 Å². The van der Waals surface area contributed by atoms with Crippen LogP contribution in [0.15, 0.2) is 23.4 Å². The molecule has 1 aliphatic carbocycles. The quantitative estimate of drug-likeness (QED) is 0.845. The van der Waals surface area contributed by atoms with Crippen molar-refractivity contribution in [3.8, 4) is 0 Å². The lowest BCUT2D eigenvalue weighted by atomic mass is 10.1. The Bertz CT molecular complexity index is 545. The number of nitrogens with zero attached hydrogens (tertiary/aromatic N) is 1. The molecule has 6 heteroatoms. The lowest BCUT2D eigenvalue weighted by Gasteiger charge is -2.18. The third-order valence-electron chi connectivity index (χ3n) is 3.76. The molecular formula is C14H23N3O2S. The van der Waals surface area contributed by atoms with Crippen LogP contribution in [-0.4, -0.2) is 26.0 Å². The Morgan fingerprint density at radius 1 is 1.40 bits per heavy atom. The van der Waals surface area contributed by atoms with Crippen molar-refractivity contribution in [2.45, 2.75) is 50.6 Å². The Morgan fingerprint density at radius 2 is 2.20 bits per heavy atom. The van der Waals surface area contributed by atoms with Crippen LogP contribution in [0.1, 0.15) is 39.5 Å². The van der Waals surface area contributed by atoms with E-state index in [-0.39, 0.29) is 11.1 Å². The second-order valence-electron chi connectivity index (χ2n) is 5.42. The molecule has 0 radical (unpaired) electrons. The van der Waals surface area contributed by atoms with E-state index in [0.717, 1.165) is 32.2 Å². The highest BCUT2D eigenvalue weighted by molar-refractivity contribution is 7.89. The van der Waals surface area contributed by atoms with Crippen LogP contribution in [0.3, 0.4) is 0 Å². The monoisotopic (exact) mass is 297 g/mol. The molecule has 0 spiro atoms. The largest absolute Gasteiger partial charge is 0.383 e.